The highest BCUT2D eigenvalue weighted by Crippen LogP contribution is 2.35. The van der Waals surface area contributed by atoms with Gasteiger partial charge in [-0.2, -0.15) is 18.3 Å². The molecule has 2 aromatic rings. The van der Waals surface area contributed by atoms with E-state index in [1.54, 1.807) is 0 Å². The highest BCUT2D eigenvalue weighted by molar-refractivity contribution is 6.33. The number of aromatic nitrogens is 2. The first-order valence-electron chi connectivity index (χ1n) is 5.49. The highest BCUT2D eigenvalue weighted by Gasteiger charge is 2.41. The van der Waals surface area contributed by atoms with Crippen LogP contribution in [0.2, 0.25) is 5.15 Å². The molecular weight excluding hydrogens is 313 g/mol. The molecule has 0 unspecified atom stereocenters. The van der Waals surface area contributed by atoms with Crippen LogP contribution in [0.4, 0.5) is 13.2 Å². The van der Waals surface area contributed by atoms with E-state index in [0.29, 0.717) is 10.4 Å². The molecule has 0 spiro atoms. The van der Waals surface area contributed by atoms with Crippen LogP contribution < -0.4 is 4.74 Å². The first-order valence-corrected chi connectivity index (χ1v) is 5.87. The standard InChI is InChI=1S/C12H8ClF3N2O3/c1-21-7-4-2-6(3-5-7)18-10(13)8(11(19)20)9(17-18)12(14,15)16/h2-5H,1H3,(H,19,20). The number of methoxy groups -OCH3 is 1. The van der Waals surface area contributed by atoms with Crippen molar-refractivity contribution >= 4 is 17.6 Å². The number of rotatable bonds is 3. The summed E-state index contributed by atoms with van der Waals surface area (Å²) in [6.45, 7) is 0. The topological polar surface area (TPSA) is 64.4 Å². The van der Waals surface area contributed by atoms with Crippen molar-refractivity contribution in [3.05, 3.63) is 40.7 Å². The Morgan fingerprint density at radius 2 is 1.90 bits per heavy atom. The lowest BCUT2D eigenvalue weighted by atomic mass is 10.2. The number of ether oxygens (including phenoxy) is 1. The fourth-order valence-electron chi connectivity index (χ4n) is 1.68. The van der Waals surface area contributed by atoms with Crippen molar-refractivity contribution < 1.29 is 27.8 Å². The fourth-order valence-corrected chi connectivity index (χ4v) is 1.99. The fraction of sp³-hybridized carbons (Fsp3) is 0.167. The van der Waals surface area contributed by atoms with Crippen molar-refractivity contribution in [3.8, 4) is 11.4 Å². The minimum Gasteiger partial charge on any atom is -0.497 e. The number of benzene rings is 1. The second-order valence-electron chi connectivity index (χ2n) is 3.93. The molecule has 0 atom stereocenters. The first kappa shape index (κ1) is 15.2. The van der Waals surface area contributed by atoms with Crippen LogP contribution in [0.3, 0.4) is 0 Å². The number of carbonyl (C=O) groups is 1. The van der Waals surface area contributed by atoms with Gasteiger partial charge in [-0.15, -0.1) is 0 Å². The molecule has 0 radical (unpaired) electrons. The lowest BCUT2D eigenvalue weighted by Gasteiger charge is -2.05. The number of carboxylic acid groups (broad SMARTS) is 1. The first-order chi connectivity index (χ1) is 9.75. The van der Waals surface area contributed by atoms with E-state index in [2.05, 4.69) is 5.10 Å². The van der Waals surface area contributed by atoms with Crippen molar-refractivity contribution in [2.45, 2.75) is 6.18 Å². The third kappa shape index (κ3) is 2.80. The van der Waals surface area contributed by atoms with Gasteiger partial charge in [0.25, 0.3) is 0 Å². The van der Waals surface area contributed by atoms with Gasteiger partial charge in [0.1, 0.15) is 16.5 Å². The summed E-state index contributed by atoms with van der Waals surface area (Å²) < 4.78 is 44.1. The zero-order chi connectivity index (χ0) is 15.8. The molecule has 0 fully saturated rings. The Balaban J connectivity index is 2.62. The Morgan fingerprint density at radius 3 is 2.29 bits per heavy atom. The minimum absolute atomic E-state index is 0.179. The molecule has 1 aromatic heterocycles. The molecule has 0 aliphatic heterocycles. The van der Waals surface area contributed by atoms with Crippen molar-refractivity contribution in [2.24, 2.45) is 0 Å². The lowest BCUT2D eigenvalue weighted by molar-refractivity contribution is -0.141. The van der Waals surface area contributed by atoms with E-state index < -0.39 is 28.6 Å². The maximum Gasteiger partial charge on any atom is 0.436 e. The second-order valence-corrected chi connectivity index (χ2v) is 4.29. The number of hydrogen-bond donors (Lipinski definition) is 1. The number of carboxylic acids is 1. The molecule has 1 aromatic carbocycles. The molecule has 0 saturated carbocycles. The SMILES string of the molecule is COc1ccc(-n2nc(C(F)(F)F)c(C(=O)O)c2Cl)cc1. The predicted octanol–water partition coefficient (Wildman–Crippen LogP) is 3.25. The number of hydrogen-bond acceptors (Lipinski definition) is 3. The van der Waals surface area contributed by atoms with Gasteiger partial charge in [0.15, 0.2) is 5.69 Å². The number of alkyl halides is 3. The summed E-state index contributed by atoms with van der Waals surface area (Å²) >= 11 is 5.73. The molecule has 9 heteroatoms. The summed E-state index contributed by atoms with van der Waals surface area (Å²) in [5.41, 5.74) is -2.45. The van der Waals surface area contributed by atoms with Gasteiger partial charge in [-0.1, -0.05) is 11.6 Å². The summed E-state index contributed by atoms with van der Waals surface area (Å²) in [6, 6.07) is 5.79. The molecule has 2 rings (SSSR count). The van der Waals surface area contributed by atoms with Crippen LogP contribution >= 0.6 is 11.6 Å². The Morgan fingerprint density at radius 1 is 1.33 bits per heavy atom. The van der Waals surface area contributed by atoms with E-state index >= 15 is 0 Å². The molecule has 1 heterocycles. The molecule has 112 valence electrons. The van der Waals surface area contributed by atoms with Gasteiger partial charge in [0, 0.05) is 0 Å². The average molecular weight is 321 g/mol. The zero-order valence-corrected chi connectivity index (χ0v) is 11.2. The molecule has 0 amide bonds. The van der Waals surface area contributed by atoms with Gasteiger partial charge in [0.2, 0.25) is 0 Å². The molecule has 5 nitrogen and oxygen atoms in total. The largest absolute Gasteiger partial charge is 0.497 e. The van der Waals surface area contributed by atoms with E-state index in [1.165, 1.54) is 31.4 Å². The average Bonchev–Trinajstić information content (AvgIpc) is 2.76. The number of halogens is 4. The predicted molar refractivity (Wildman–Crippen MR) is 67.1 cm³/mol. The summed E-state index contributed by atoms with van der Waals surface area (Å²) in [5.74, 6) is -1.32. The van der Waals surface area contributed by atoms with Crippen molar-refractivity contribution in [1.82, 2.24) is 9.78 Å². The molecule has 0 bridgehead atoms. The van der Waals surface area contributed by atoms with Crippen LogP contribution in [0.1, 0.15) is 16.1 Å². The Hall–Kier alpha value is -2.22. The Labute approximate surface area is 121 Å². The highest BCUT2D eigenvalue weighted by atomic mass is 35.5. The molecular formula is C12H8ClF3N2O3. The van der Waals surface area contributed by atoms with Crippen molar-refractivity contribution in [1.29, 1.82) is 0 Å². The molecule has 0 saturated heterocycles. The van der Waals surface area contributed by atoms with Gasteiger partial charge >= 0.3 is 12.1 Å². The maximum atomic E-state index is 12.8. The molecule has 1 N–H and O–H groups in total. The molecule has 0 aliphatic rings. The van der Waals surface area contributed by atoms with Crippen LogP contribution in [-0.2, 0) is 6.18 Å². The van der Waals surface area contributed by atoms with Gasteiger partial charge < -0.3 is 9.84 Å². The monoisotopic (exact) mass is 320 g/mol. The van der Waals surface area contributed by atoms with Crippen molar-refractivity contribution in [2.75, 3.05) is 7.11 Å². The van der Waals surface area contributed by atoms with Crippen LogP contribution in [0, 0.1) is 0 Å². The summed E-state index contributed by atoms with van der Waals surface area (Å²) in [5, 5.41) is 11.5. The minimum atomic E-state index is -4.92. The van der Waals surface area contributed by atoms with Gasteiger partial charge in [-0.3, -0.25) is 0 Å². The van der Waals surface area contributed by atoms with E-state index in [9.17, 15) is 18.0 Å². The van der Waals surface area contributed by atoms with Gasteiger partial charge in [-0.05, 0) is 24.3 Å². The van der Waals surface area contributed by atoms with E-state index in [-0.39, 0.29) is 5.69 Å². The number of nitrogens with zero attached hydrogens (tertiary/aromatic N) is 2. The van der Waals surface area contributed by atoms with Crippen LogP contribution in [0.25, 0.3) is 5.69 Å². The second kappa shape index (κ2) is 5.28. The third-order valence-electron chi connectivity index (χ3n) is 2.63. The molecule has 21 heavy (non-hydrogen) atoms. The summed E-state index contributed by atoms with van der Waals surface area (Å²) in [6.07, 6.45) is -4.92. The van der Waals surface area contributed by atoms with Gasteiger partial charge in [0.05, 0.1) is 12.8 Å². The van der Waals surface area contributed by atoms with E-state index in [0.717, 1.165) is 0 Å². The molecule has 0 aliphatic carbocycles. The van der Waals surface area contributed by atoms with E-state index in [1.807, 2.05) is 0 Å². The Kier molecular flexibility index (Phi) is 3.82. The summed E-state index contributed by atoms with van der Waals surface area (Å²) in [7, 11) is 1.43. The zero-order valence-electron chi connectivity index (χ0n) is 10.5. The smallest absolute Gasteiger partial charge is 0.436 e. The summed E-state index contributed by atoms with van der Waals surface area (Å²) in [4.78, 5) is 11.0. The quantitative estimate of drug-likeness (QED) is 0.943. The van der Waals surface area contributed by atoms with E-state index in [4.69, 9.17) is 21.4 Å². The normalized spacial score (nSPS) is 11.5. The van der Waals surface area contributed by atoms with Crippen LogP contribution in [0.5, 0.6) is 5.75 Å². The van der Waals surface area contributed by atoms with Crippen LogP contribution in [0.15, 0.2) is 24.3 Å². The number of aromatic carboxylic acids is 1. The maximum absolute atomic E-state index is 12.8. The Bertz CT molecular complexity index is 680. The van der Waals surface area contributed by atoms with Crippen molar-refractivity contribution in [3.63, 3.8) is 0 Å². The third-order valence-corrected chi connectivity index (χ3v) is 2.98. The van der Waals surface area contributed by atoms with Crippen LogP contribution in [-0.4, -0.2) is 28.0 Å². The van der Waals surface area contributed by atoms with Gasteiger partial charge in [-0.25, -0.2) is 9.48 Å². The lowest BCUT2D eigenvalue weighted by Crippen LogP contribution is -2.12.